The van der Waals surface area contributed by atoms with Crippen LogP contribution in [0.4, 0.5) is 9.18 Å². The van der Waals surface area contributed by atoms with Crippen LogP contribution in [0, 0.1) is 19.7 Å². The number of urea groups is 1. The Morgan fingerprint density at radius 2 is 1.93 bits per heavy atom. The molecule has 1 aromatic carbocycles. The van der Waals surface area contributed by atoms with E-state index in [0.717, 1.165) is 35.3 Å². The summed E-state index contributed by atoms with van der Waals surface area (Å²) in [7, 11) is 0. The fourth-order valence-corrected chi connectivity index (χ4v) is 4.15. The van der Waals surface area contributed by atoms with Crippen molar-refractivity contribution in [2.45, 2.75) is 46.2 Å². The minimum Gasteiger partial charge on any atom is -0.348 e. The van der Waals surface area contributed by atoms with E-state index in [0.29, 0.717) is 5.56 Å². The Labute approximate surface area is 173 Å². The number of hydrogen-bond donors (Lipinski definition) is 1. The predicted molar refractivity (Wildman–Crippen MR) is 108 cm³/mol. The van der Waals surface area contributed by atoms with Crippen LogP contribution < -0.4 is 5.32 Å². The number of nitrogens with zero attached hydrogens (tertiary/aromatic N) is 2. The van der Waals surface area contributed by atoms with Crippen molar-refractivity contribution >= 4 is 29.3 Å². The van der Waals surface area contributed by atoms with Crippen molar-refractivity contribution < 1.29 is 18.8 Å². The number of aryl methyl sites for hydroxylation is 1. The normalized spacial score (nSPS) is 19.0. The summed E-state index contributed by atoms with van der Waals surface area (Å²) in [4.78, 5) is 39.3. The lowest BCUT2D eigenvalue weighted by Crippen LogP contribution is -2.41. The molecule has 1 atom stereocenters. The first-order valence-electron chi connectivity index (χ1n) is 9.39. The number of Topliss-reactive ketones (excluding diaryl/α,β-unsaturated/α-hetero) is 1. The monoisotopic (exact) mass is 419 g/mol. The Morgan fingerprint density at radius 3 is 2.55 bits per heavy atom. The second-order valence-electron chi connectivity index (χ2n) is 7.43. The molecule has 0 radical (unpaired) electrons. The van der Waals surface area contributed by atoms with Crippen molar-refractivity contribution in [2.24, 2.45) is 0 Å². The summed E-state index contributed by atoms with van der Waals surface area (Å²) in [6, 6.07) is 4.70. The van der Waals surface area contributed by atoms with Crippen molar-refractivity contribution in [2.75, 3.05) is 6.54 Å². The van der Waals surface area contributed by atoms with E-state index < -0.39 is 23.3 Å². The number of hydrogen-bond acceptors (Lipinski definition) is 3. The van der Waals surface area contributed by atoms with Crippen molar-refractivity contribution in [3.8, 4) is 0 Å². The minimum atomic E-state index is -1.47. The highest BCUT2D eigenvalue weighted by Crippen LogP contribution is 2.34. The molecule has 0 bridgehead atoms. The third-order valence-electron chi connectivity index (χ3n) is 5.37. The van der Waals surface area contributed by atoms with Crippen molar-refractivity contribution in [3.63, 3.8) is 0 Å². The molecular formula is C21H23ClFN3O3. The molecule has 6 nitrogen and oxygen atoms in total. The van der Waals surface area contributed by atoms with Gasteiger partial charge in [-0.2, -0.15) is 0 Å². The number of nitrogens with one attached hydrogen (secondary N) is 1. The van der Waals surface area contributed by atoms with E-state index in [1.807, 2.05) is 18.4 Å². The molecule has 154 valence electrons. The number of amides is 3. The van der Waals surface area contributed by atoms with Gasteiger partial charge in [0.1, 0.15) is 11.4 Å². The molecule has 0 saturated carbocycles. The summed E-state index contributed by atoms with van der Waals surface area (Å²) >= 11 is 6.10. The summed E-state index contributed by atoms with van der Waals surface area (Å²) in [6.45, 7) is 7.72. The summed E-state index contributed by atoms with van der Waals surface area (Å²) in [5.41, 5.74) is 1.06. The lowest BCUT2D eigenvalue weighted by atomic mass is 9.92. The van der Waals surface area contributed by atoms with Gasteiger partial charge in [-0.15, -0.1) is 0 Å². The number of ketones is 1. The average Bonchev–Trinajstić information content (AvgIpc) is 3.04. The quantitative estimate of drug-likeness (QED) is 0.569. The van der Waals surface area contributed by atoms with Crippen LogP contribution in [0.5, 0.6) is 0 Å². The Kier molecular flexibility index (Phi) is 5.54. The van der Waals surface area contributed by atoms with Gasteiger partial charge >= 0.3 is 6.03 Å². The molecule has 1 aromatic heterocycles. The molecule has 1 fully saturated rings. The molecule has 0 aliphatic carbocycles. The first kappa shape index (κ1) is 21.0. The molecule has 8 heteroatoms. The van der Waals surface area contributed by atoms with Gasteiger partial charge in [0.15, 0.2) is 5.78 Å². The third kappa shape index (κ3) is 3.55. The predicted octanol–water partition coefficient (Wildman–Crippen LogP) is 3.96. The van der Waals surface area contributed by atoms with Crippen LogP contribution >= 0.6 is 11.6 Å². The summed E-state index contributed by atoms with van der Waals surface area (Å²) in [5.74, 6) is -1.47. The zero-order valence-electron chi connectivity index (χ0n) is 16.8. The van der Waals surface area contributed by atoms with Crippen LogP contribution in [0.15, 0.2) is 24.3 Å². The van der Waals surface area contributed by atoms with Crippen LogP contribution in [-0.4, -0.2) is 33.7 Å². The third-order valence-corrected chi connectivity index (χ3v) is 5.68. The second-order valence-corrected chi connectivity index (χ2v) is 7.84. The summed E-state index contributed by atoms with van der Waals surface area (Å²) < 4.78 is 15.4. The largest absolute Gasteiger partial charge is 0.348 e. The standard InChI is InChI=1S/C21H23ClFN3O3/c1-5-8-25-12(2)9-15(13(25)3)18(27)11-26-19(28)21(4,24-20(26)29)16-7-6-14(23)10-17(16)22/h6-7,9-10H,5,8,11H2,1-4H3,(H,24,29). The van der Waals surface area contributed by atoms with Gasteiger partial charge in [-0.3, -0.25) is 14.5 Å². The SMILES string of the molecule is CCCn1c(C)cc(C(=O)CN2C(=O)NC(C)(c3ccc(F)cc3Cl)C2=O)c1C. The molecule has 1 aliphatic rings. The molecule has 1 aliphatic heterocycles. The van der Waals surface area contributed by atoms with Gasteiger partial charge in [0.05, 0.1) is 6.54 Å². The van der Waals surface area contributed by atoms with E-state index in [4.69, 9.17) is 11.6 Å². The van der Waals surface area contributed by atoms with Crippen molar-refractivity contribution in [3.05, 3.63) is 57.6 Å². The molecule has 3 amide bonds. The molecule has 29 heavy (non-hydrogen) atoms. The fraction of sp³-hybridized carbons (Fsp3) is 0.381. The zero-order valence-corrected chi connectivity index (χ0v) is 17.6. The number of halogens is 2. The number of imide groups is 1. The Hall–Kier alpha value is -2.67. The number of carbonyl (C=O) groups is 3. The molecule has 2 aromatic rings. The van der Waals surface area contributed by atoms with Gasteiger partial charge in [0, 0.05) is 34.1 Å². The molecule has 1 N–H and O–H groups in total. The first-order valence-corrected chi connectivity index (χ1v) is 9.77. The van der Waals surface area contributed by atoms with Crippen LogP contribution in [0.25, 0.3) is 0 Å². The second kappa shape index (κ2) is 7.63. The number of benzene rings is 1. The zero-order chi connectivity index (χ0) is 21.5. The fourth-order valence-electron chi connectivity index (χ4n) is 3.80. The van der Waals surface area contributed by atoms with E-state index in [9.17, 15) is 18.8 Å². The van der Waals surface area contributed by atoms with E-state index >= 15 is 0 Å². The Balaban J connectivity index is 1.87. The Morgan fingerprint density at radius 1 is 1.24 bits per heavy atom. The highest BCUT2D eigenvalue weighted by Gasteiger charge is 2.50. The van der Waals surface area contributed by atoms with Crippen LogP contribution in [0.3, 0.4) is 0 Å². The molecule has 1 saturated heterocycles. The minimum absolute atomic E-state index is 0.0254. The highest BCUT2D eigenvalue weighted by atomic mass is 35.5. The molecular weight excluding hydrogens is 397 g/mol. The maximum atomic E-state index is 13.4. The van der Waals surface area contributed by atoms with E-state index in [1.54, 1.807) is 6.07 Å². The number of aromatic nitrogens is 1. The lowest BCUT2D eigenvalue weighted by molar-refractivity contribution is -0.130. The number of rotatable bonds is 6. The van der Waals surface area contributed by atoms with E-state index in [1.165, 1.54) is 19.1 Å². The Bertz CT molecular complexity index is 1020. The smallest absolute Gasteiger partial charge is 0.325 e. The van der Waals surface area contributed by atoms with Crippen LogP contribution in [0.2, 0.25) is 5.02 Å². The van der Waals surface area contributed by atoms with Crippen molar-refractivity contribution in [1.82, 2.24) is 14.8 Å². The maximum Gasteiger partial charge on any atom is 0.325 e. The highest BCUT2D eigenvalue weighted by molar-refractivity contribution is 6.32. The van der Waals surface area contributed by atoms with E-state index in [2.05, 4.69) is 12.2 Å². The summed E-state index contributed by atoms with van der Waals surface area (Å²) in [5, 5.41) is 2.61. The lowest BCUT2D eigenvalue weighted by Gasteiger charge is -2.23. The first-order chi connectivity index (χ1) is 13.6. The average molecular weight is 420 g/mol. The molecule has 2 heterocycles. The number of carbonyl (C=O) groups excluding carboxylic acids is 3. The molecule has 0 spiro atoms. The molecule has 3 rings (SSSR count). The van der Waals surface area contributed by atoms with Crippen molar-refractivity contribution in [1.29, 1.82) is 0 Å². The van der Waals surface area contributed by atoms with Crippen LogP contribution in [-0.2, 0) is 16.9 Å². The van der Waals surface area contributed by atoms with Gasteiger partial charge in [0.25, 0.3) is 5.91 Å². The van der Waals surface area contributed by atoms with Gasteiger partial charge in [-0.05, 0) is 45.4 Å². The summed E-state index contributed by atoms with van der Waals surface area (Å²) in [6.07, 6.45) is 0.924. The maximum absolute atomic E-state index is 13.4. The van der Waals surface area contributed by atoms with Gasteiger partial charge in [-0.25, -0.2) is 9.18 Å². The van der Waals surface area contributed by atoms with Gasteiger partial charge < -0.3 is 9.88 Å². The van der Waals surface area contributed by atoms with Crippen LogP contribution in [0.1, 0.15) is 47.6 Å². The topological polar surface area (TPSA) is 71.4 Å². The van der Waals surface area contributed by atoms with Gasteiger partial charge in [-0.1, -0.05) is 24.6 Å². The molecule has 1 unspecified atom stereocenters. The van der Waals surface area contributed by atoms with E-state index in [-0.39, 0.29) is 22.9 Å². The van der Waals surface area contributed by atoms with Gasteiger partial charge in [0.2, 0.25) is 0 Å².